The first-order valence-electron chi connectivity index (χ1n) is 9.88. The van der Waals surface area contributed by atoms with Crippen LogP contribution in [0.1, 0.15) is 36.2 Å². The van der Waals surface area contributed by atoms with Gasteiger partial charge in [-0.1, -0.05) is 11.6 Å². The standard InChI is InChI=1S/C21H21ClN4O3S/c1-30(28,29)10-2-3-17-16(24-19-11-14(22)5-9-25(17)19)13-26-18-12-23-8-4-15(18)21(6-7-21)20(26)27/h4-5,8-9,11-12H,2-3,6-7,10,13H2,1H3. The summed E-state index contributed by atoms with van der Waals surface area (Å²) >= 11 is 6.15. The monoisotopic (exact) mass is 444 g/mol. The molecule has 1 spiro atoms. The third-order valence-corrected chi connectivity index (χ3v) is 7.28. The maximum Gasteiger partial charge on any atom is 0.238 e. The molecule has 3 aromatic rings. The molecule has 0 atom stereocenters. The maximum absolute atomic E-state index is 13.2. The topological polar surface area (TPSA) is 84.6 Å². The molecular formula is C21H21ClN4O3S. The Balaban J connectivity index is 1.52. The molecular weight excluding hydrogens is 424 g/mol. The average Bonchev–Trinajstić information content (AvgIpc) is 3.38. The van der Waals surface area contributed by atoms with Crippen LogP contribution in [-0.2, 0) is 33.0 Å². The molecule has 1 saturated carbocycles. The Morgan fingerprint density at radius 1 is 1.27 bits per heavy atom. The van der Waals surface area contributed by atoms with Gasteiger partial charge in [0.2, 0.25) is 5.91 Å². The highest BCUT2D eigenvalue weighted by atomic mass is 35.5. The largest absolute Gasteiger partial charge is 0.304 e. The quantitative estimate of drug-likeness (QED) is 0.583. The lowest BCUT2D eigenvalue weighted by Crippen LogP contribution is -2.32. The Kier molecular flexibility index (Phi) is 4.41. The van der Waals surface area contributed by atoms with Crippen molar-refractivity contribution in [2.75, 3.05) is 16.9 Å². The SMILES string of the molecule is CS(=O)(=O)CCCc1c(CN2C(=O)C3(CC3)c3ccncc32)nc2cc(Cl)ccn12. The van der Waals surface area contributed by atoms with Gasteiger partial charge in [0.15, 0.2) is 0 Å². The van der Waals surface area contributed by atoms with Crippen molar-refractivity contribution in [3.05, 3.63) is 58.8 Å². The fourth-order valence-electron chi connectivity index (χ4n) is 4.42. The number of aromatic nitrogens is 3. The summed E-state index contributed by atoms with van der Waals surface area (Å²) in [6.07, 6.45) is 9.31. The Morgan fingerprint density at radius 3 is 2.80 bits per heavy atom. The number of imidazole rings is 1. The minimum Gasteiger partial charge on any atom is -0.304 e. The molecule has 0 aromatic carbocycles. The van der Waals surface area contributed by atoms with Gasteiger partial charge < -0.3 is 9.30 Å². The minimum absolute atomic E-state index is 0.0997. The fourth-order valence-corrected chi connectivity index (χ4v) is 5.24. The molecule has 7 nitrogen and oxygen atoms in total. The molecule has 156 valence electrons. The van der Waals surface area contributed by atoms with Crippen molar-refractivity contribution in [2.45, 2.75) is 37.6 Å². The summed E-state index contributed by atoms with van der Waals surface area (Å²) in [5.41, 5.74) is 3.85. The molecule has 1 fully saturated rings. The van der Waals surface area contributed by atoms with Crippen LogP contribution in [0, 0.1) is 0 Å². The number of nitrogens with zero attached hydrogens (tertiary/aromatic N) is 4. The van der Waals surface area contributed by atoms with Gasteiger partial charge in [0.25, 0.3) is 0 Å². The van der Waals surface area contributed by atoms with E-state index in [0.717, 1.165) is 35.5 Å². The molecule has 2 aliphatic rings. The van der Waals surface area contributed by atoms with Crippen molar-refractivity contribution >= 4 is 38.7 Å². The van der Waals surface area contributed by atoms with Gasteiger partial charge in [0.05, 0.1) is 35.3 Å². The number of halogens is 1. The van der Waals surface area contributed by atoms with Crippen LogP contribution in [0.5, 0.6) is 0 Å². The number of fused-ring (bicyclic) bond motifs is 3. The summed E-state index contributed by atoms with van der Waals surface area (Å²) in [6.45, 7) is 0.326. The van der Waals surface area contributed by atoms with E-state index in [-0.39, 0.29) is 11.7 Å². The van der Waals surface area contributed by atoms with Gasteiger partial charge in [-0.05, 0) is 43.4 Å². The maximum atomic E-state index is 13.2. The van der Waals surface area contributed by atoms with Crippen LogP contribution in [0.2, 0.25) is 5.02 Å². The summed E-state index contributed by atoms with van der Waals surface area (Å²) in [4.78, 5) is 24.0. The summed E-state index contributed by atoms with van der Waals surface area (Å²) in [5.74, 6) is 0.203. The molecule has 30 heavy (non-hydrogen) atoms. The zero-order valence-corrected chi connectivity index (χ0v) is 18.1. The van der Waals surface area contributed by atoms with Crippen molar-refractivity contribution in [1.82, 2.24) is 14.4 Å². The number of hydrogen-bond acceptors (Lipinski definition) is 5. The third kappa shape index (κ3) is 3.18. The first kappa shape index (κ1) is 19.5. The van der Waals surface area contributed by atoms with Crippen molar-refractivity contribution in [3.63, 3.8) is 0 Å². The second-order valence-electron chi connectivity index (χ2n) is 8.18. The van der Waals surface area contributed by atoms with E-state index in [9.17, 15) is 13.2 Å². The highest BCUT2D eigenvalue weighted by Gasteiger charge is 2.59. The van der Waals surface area contributed by atoms with E-state index >= 15 is 0 Å². The predicted octanol–water partition coefficient (Wildman–Crippen LogP) is 2.94. The van der Waals surface area contributed by atoms with Crippen LogP contribution in [0.3, 0.4) is 0 Å². The normalized spacial score (nSPS) is 17.1. The van der Waals surface area contributed by atoms with Gasteiger partial charge in [-0.15, -0.1) is 0 Å². The highest BCUT2D eigenvalue weighted by molar-refractivity contribution is 7.90. The Bertz CT molecular complexity index is 1280. The first-order chi connectivity index (χ1) is 14.3. The molecule has 9 heteroatoms. The highest BCUT2D eigenvalue weighted by Crippen LogP contribution is 2.57. The minimum atomic E-state index is -3.05. The van der Waals surface area contributed by atoms with Gasteiger partial charge >= 0.3 is 0 Å². The smallest absolute Gasteiger partial charge is 0.238 e. The van der Waals surface area contributed by atoms with E-state index in [1.165, 1.54) is 6.26 Å². The molecule has 0 unspecified atom stereocenters. The average molecular weight is 445 g/mol. The van der Waals surface area contributed by atoms with E-state index in [2.05, 4.69) is 4.98 Å². The van der Waals surface area contributed by atoms with Crippen molar-refractivity contribution in [2.24, 2.45) is 0 Å². The lowest BCUT2D eigenvalue weighted by atomic mass is 9.99. The second kappa shape index (κ2) is 6.78. The third-order valence-electron chi connectivity index (χ3n) is 6.02. The molecule has 0 radical (unpaired) electrons. The van der Waals surface area contributed by atoms with E-state index in [1.54, 1.807) is 29.4 Å². The summed E-state index contributed by atoms with van der Waals surface area (Å²) < 4.78 is 25.1. The first-order valence-corrected chi connectivity index (χ1v) is 12.3. The number of carbonyl (C=O) groups excluding carboxylic acids is 1. The summed E-state index contributed by atoms with van der Waals surface area (Å²) in [7, 11) is -3.05. The number of pyridine rings is 2. The number of sulfone groups is 1. The molecule has 5 rings (SSSR count). The van der Waals surface area contributed by atoms with E-state index in [0.29, 0.717) is 30.1 Å². The van der Waals surface area contributed by atoms with Gasteiger partial charge in [-0.3, -0.25) is 9.78 Å². The molecule has 0 saturated heterocycles. The van der Waals surface area contributed by atoms with Crippen LogP contribution in [-0.4, -0.2) is 40.7 Å². The van der Waals surface area contributed by atoms with Crippen molar-refractivity contribution < 1.29 is 13.2 Å². The second-order valence-corrected chi connectivity index (χ2v) is 10.9. The van der Waals surface area contributed by atoms with E-state index < -0.39 is 15.3 Å². The fraction of sp³-hybridized carbons (Fsp3) is 0.381. The number of amides is 1. The number of carbonyl (C=O) groups is 1. The van der Waals surface area contributed by atoms with Gasteiger partial charge in [0.1, 0.15) is 15.5 Å². The lowest BCUT2D eigenvalue weighted by Gasteiger charge is -2.17. The van der Waals surface area contributed by atoms with Gasteiger partial charge in [-0.25, -0.2) is 13.4 Å². The summed E-state index contributed by atoms with van der Waals surface area (Å²) in [5, 5.41) is 0.575. The van der Waals surface area contributed by atoms with Crippen molar-refractivity contribution in [1.29, 1.82) is 0 Å². The molecule has 3 aromatic heterocycles. The molecule has 0 N–H and O–H groups in total. The molecule has 1 aliphatic heterocycles. The van der Waals surface area contributed by atoms with Gasteiger partial charge in [0, 0.05) is 35.4 Å². The van der Waals surface area contributed by atoms with E-state index in [1.807, 2.05) is 16.7 Å². The number of rotatable bonds is 6. The lowest BCUT2D eigenvalue weighted by molar-refractivity contribution is -0.120. The number of anilines is 1. The van der Waals surface area contributed by atoms with Crippen LogP contribution in [0.25, 0.3) is 5.65 Å². The summed E-state index contributed by atoms with van der Waals surface area (Å²) in [6, 6.07) is 5.49. The molecule has 1 amide bonds. The molecule has 4 heterocycles. The number of hydrogen-bond donors (Lipinski definition) is 0. The van der Waals surface area contributed by atoms with Crippen LogP contribution in [0.15, 0.2) is 36.8 Å². The number of aryl methyl sites for hydroxylation is 1. The van der Waals surface area contributed by atoms with Crippen LogP contribution in [0.4, 0.5) is 5.69 Å². The van der Waals surface area contributed by atoms with Crippen LogP contribution >= 0.6 is 11.6 Å². The van der Waals surface area contributed by atoms with Crippen LogP contribution < -0.4 is 4.90 Å². The zero-order chi connectivity index (χ0) is 21.1. The molecule has 1 aliphatic carbocycles. The Labute approximate surface area is 179 Å². The van der Waals surface area contributed by atoms with E-state index in [4.69, 9.17) is 16.6 Å². The van der Waals surface area contributed by atoms with Crippen molar-refractivity contribution in [3.8, 4) is 0 Å². The molecule has 0 bridgehead atoms. The Hall–Kier alpha value is -2.45. The van der Waals surface area contributed by atoms with Gasteiger partial charge in [-0.2, -0.15) is 0 Å². The predicted molar refractivity (Wildman–Crippen MR) is 115 cm³/mol. The zero-order valence-electron chi connectivity index (χ0n) is 16.5. The Morgan fingerprint density at radius 2 is 2.07 bits per heavy atom.